The number of rotatable bonds is 6. The first-order valence-corrected chi connectivity index (χ1v) is 8.07. The fourth-order valence-corrected chi connectivity index (χ4v) is 2.84. The topological polar surface area (TPSA) is 68.3 Å². The van der Waals surface area contributed by atoms with Gasteiger partial charge in [-0.1, -0.05) is 6.08 Å². The number of aryl methyl sites for hydroxylation is 1. The molecule has 2 rings (SSSR count). The summed E-state index contributed by atoms with van der Waals surface area (Å²) in [6.45, 7) is 6.97. The first kappa shape index (κ1) is 17.8. The number of carbonyl (C=O) groups excluding carboxylic acids is 2. The minimum atomic E-state index is -0.923. The zero-order chi connectivity index (χ0) is 17.7. The van der Waals surface area contributed by atoms with Gasteiger partial charge in [-0.25, -0.2) is 14.2 Å². The Hall–Kier alpha value is -2.54. The predicted octanol–water partition coefficient (Wildman–Crippen LogP) is 3.11. The maximum absolute atomic E-state index is 13.0. The number of thiazole rings is 1. The highest BCUT2D eigenvalue weighted by Crippen LogP contribution is 2.28. The number of hydrogen-bond acceptors (Lipinski definition) is 5. The molecule has 0 spiro atoms. The van der Waals surface area contributed by atoms with Crippen LogP contribution in [-0.4, -0.2) is 29.5 Å². The molecule has 24 heavy (non-hydrogen) atoms. The van der Waals surface area contributed by atoms with Crippen LogP contribution in [0.5, 0.6) is 0 Å². The Labute approximate surface area is 143 Å². The zero-order valence-corrected chi connectivity index (χ0v) is 14.2. The molecule has 0 aliphatic rings. The molecule has 2 aromatic rings. The summed E-state index contributed by atoms with van der Waals surface area (Å²) in [5, 5.41) is 3.14. The first-order valence-electron chi connectivity index (χ1n) is 7.25. The fraction of sp³-hybridized carbons (Fsp3) is 0.235. The van der Waals surface area contributed by atoms with Crippen molar-refractivity contribution in [2.75, 3.05) is 6.54 Å². The molecule has 0 aliphatic heterocycles. The number of nitrogens with zero attached hydrogens (tertiary/aromatic N) is 1. The van der Waals surface area contributed by atoms with Crippen LogP contribution in [0.3, 0.4) is 0 Å². The number of esters is 1. The maximum atomic E-state index is 13.0. The van der Waals surface area contributed by atoms with Crippen molar-refractivity contribution in [1.29, 1.82) is 0 Å². The van der Waals surface area contributed by atoms with Crippen molar-refractivity contribution in [2.24, 2.45) is 0 Å². The van der Waals surface area contributed by atoms with Gasteiger partial charge in [-0.2, -0.15) is 0 Å². The van der Waals surface area contributed by atoms with Gasteiger partial charge in [-0.3, -0.25) is 4.79 Å². The molecule has 1 heterocycles. The third-order valence-electron chi connectivity index (χ3n) is 3.15. The summed E-state index contributed by atoms with van der Waals surface area (Å²) in [6, 6.07) is 5.84. The Morgan fingerprint density at radius 3 is 2.71 bits per heavy atom. The number of amides is 1. The quantitative estimate of drug-likeness (QED) is 0.643. The van der Waals surface area contributed by atoms with Crippen LogP contribution in [0.4, 0.5) is 4.39 Å². The summed E-state index contributed by atoms with van der Waals surface area (Å²) in [5.74, 6) is -1.35. The van der Waals surface area contributed by atoms with E-state index in [4.69, 9.17) is 4.74 Å². The van der Waals surface area contributed by atoms with Gasteiger partial charge in [0.1, 0.15) is 15.7 Å². The van der Waals surface area contributed by atoms with Crippen molar-refractivity contribution in [3.8, 4) is 10.6 Å². The number of halogens is 1. The van der Waals surface area contributed by atoms with Crippen LogP contribution < -0.4 is 5.32 Å². The van der Waals surface area contributed by atoms with Crippen LogP contribution in [0.25, 0.3) is 10.6 Å². The van der Waals surface area contributed by atoms with E-state index in [9.17, 15) is 14.0 Å². The Morgan fingerprint density at radius 1 is 1.42 bits per heavy atom. The second-order valence-corrected chi connectivity index (χ2v) is 6.02. The third-order valence-corrected chi connectivity index (χ3v) is 4.33. The Balaban J connectivity index is 2.11. The first-order chi connectivity index (χ1) is 11.4. The van der Waals surface area contributed by atoms with E-state index in [-0.39, 0.29) is 5.82 Å². The summed E-state index contributed by atoms with van der Waals surface area (Å²) in [5.41, 5.74) is 1.21. The lowest BCUT2D eigenvalue weighted by Crippen LogP contribution is -2.35. The van der Waals surface area contributed by atoms with Gasteiger partial charge in [0.05, 0.1) is 5.69 Å². The van der Waals surface area contributed by atoms with Crippen LogP contribution in [-0.2, 0) is 9.53 Å². The van der Waals surface area contributed by atoms with Gasteiger partial charge in [-0.15, -0.1) is 17.9 Å². The fourth-order valence-electron chi connectivity index (χ4n) is 1.89. The molecule has 5 nitrogen and oxygen atoms in total. The van der Waals surface area contributed by atoms with Crippen LogP contribution in [0.15, 0.2) is 36.9 Å². The number of benzene rings is 1. The number of carbonyl (C=O) groups is 2. The molecule has 0 fully saturated rings. The summed E-state index contributed by atoms with van der Waals surface area (Å²) < 4.78 is 18.2. The lowest BCUT2D eigenvalue weighted by atomic mass is 10.2. The second kappa shape index (κ2) is 7.83. The summed E-state index contributed by atoms with van der Waals surface area (Å²) in [6.07, 6.45) is 0.614. The Kier molecular flexibility index (Phi) is 5.81. The zero-order valence-electron chi connectivity index (χ0n) is 13.3. The highest BCUT2D eigenvalue weighted by Gasteiger charge is 2.22. The molecule has 1 N–H and O–H groups in total. The summed E-state index contributed by atoms with van der Waals surface area (Å²) in [4.78, 5) is 28.6. The molecule has 1 amide bonds. The molecule has 0 saturated heterocycles. The highest BCUT2D eigenvalue weighted by molar-refractivity contribution is 7.17. The van der Waals surface area contributed by atoms with E-state index in [0.717, 1.165) is 11.3 Å². The van der Waals surface area contributed by atoms with Gasteiger partial charge in [0.2, 0.25) is 0 Å². The SMILES string of the molecule is C=CCNC(=O)[C@H](C)OC(=O)c1sc(-c2ccc(F)cc2)nc1C. The van der Waals surface area contributed by atoms with Crippen molar-refractivity contribution in [3.63, 3.8) is 0 Å². The van der Waals surface area contributed by atoms with E-state index in [1.54, 1.807) is 19.1 Å². The predicted molar refractivity (Wildman–Crippen MR) is 90.3 cm³/mol. The van der Waals surface area contributed by atoms with Crippen molar-refractivity contribution < 1.29 is 18.7 Å². The van der Waals surface area contributed by atoms with Gasteiger partial charge in [-0.05, 0) is 38.1 Å². The van der Waals surface area contributed by atoms with E-state index >= 15 is 0 Å². The molecule has 0 unspecified atom stereocenters. The maximum Gasteiger partial charge on any atom is 0.351 e. The van der Waals surface area contributed by atoms with Crippen molar-refractivity contribution in [2.45, 2.75) is 20.0 Å². The number of aromatic nitrogens is 1. The average Bonchev–Trinajstić information content (AvgIpc) is 2.95. The van der Waals surface area contributed by atoms with Crippen molar-refractivity contribution in [1.82, 2.24) is 10.3 Å². The summed E-state index contributed by atoms with van der Waals surface area (Å²) >= 11 is 1.14. The molecule has 0 saturated carbocycles. The van der Waals surface area contributed by atoms with Crippen LogP contribution in [0, 0.1) is 12.7 Å². The monoisotopic (exact) mass is 348 g/mol. The highest BCUT2D eigenvalue weighted by atomic mass is 32.1. The Bertz CT molecular complexity index is 756. The molecule has 1 aromatic carbocycles. The lowest BCUT2D eigenvalue weighted by Gasteiger charge is -2.12. The van der Waals surface area contributed by atoms with Gasteiger partial charge in [0.25, 0.3) is 5.91 Å². The van der Waals surface area contributed by atoms with Crippen LogP contribution in [0.2, 0.25) is 0 Å². The van der Waals surface area contributed by atoms with E-state index < -0.39 is 18.0 Å². The van der Waals surface area contributed by atoms with Gasteiger partial charge in [0.15, 0.2) is 6.10 Å². The molecule has 7 heteroatoms. The second-order valence-electron chi connectivity index (χ2n) is 5.02. The van der Waals surface area contributed by atoms with Gasteiger partial charge < -0.3 is 10.1 Å². The average molecular weight is 348 g/mol. The van der Waals surface area contributed by atoms with E-state index in [1.165, 1.54) is 25.1 Å². The summed E-state index contributed by atoms with van der Waals surface area (Å²) in [7, 11) is 0. The van der Waals surface area contributed by atoms with Crippen LogP contribution >= 0.6 is 11.3 Å². The minimum absolute atomic E-state index is 0.301. The molecule has 0 bridgehead atoms. The van der Waals surface area contributed by atoms with Crippen LogP contribution in [0.1, 0.15) is 22.3 Å². The largest absolute Gasteiger partial charge is 0.448 e. The lowest BCUT2D eigenvalue weighted by molar-refractivity contribution is -0.128. The number of hydrogen-bond donors (Lipinski definition) is 1. The molecule has 0 radical (unpaired) electrons. The van der Waals surface area contributed by atoms with Gasteiger partial charge >= 0.3 is 5.97 Å². The molecule has 1 aromatic heterocycles. The number of nitrogens with one attached hydrogen (secondary N) is 1. The molecule has 1 atom stereocenters. The molecular formula is C17H17FN2O3S. The van der Waals surface area contributed by atoms with E-state index in [0.29, 0.717) is 27.7 Å². The smallest absolute Gasteiger partial charge is 0.351 e. The van der Waals surface area contributed by atoms with Crippen molar-refractivity contribution >= 4 is 23.2 Å². The molecule has 126 valence electrons. The molecule has 0 aliphatic carbocycles. The molecular weight excluding hydrogens is 331 g/mol. The minimum Gasteiger partial charge on any atom is -0.448 e. The Morgan fingerprint density at radius 2 is 2.08 bits per heavy atom. The third kappa shape index (κ3) is 4.26. The van der Waals surface area contributed by atoms with Gasteiger partial charge in [0, 0.05) is 12.1 Å². The normalized spacial score (nSPS) is 11.6. The number of ether oxygens (including phenoxy) is 1. The standard InChI is InChI=1S/C17H17FN2O3S/c1-4-9-19-15(21)11(3)23-17(22)14-10(2)20-16(24-14)12-5-7-13(18)8-6-12/h4-8,11H,1,9H2,2-3H3,(H,19,21)/t11-/m0/s1. The van der Waals surface area contributed by atoms with E-state index in [2.05, 4.69) is 16.9 Å². The van der Waals surface area contributed by atoms with Crippen molar-refractivity contribution in [3.05, 3.63) is 53.3 Å². The van der Waals surface area contributed by atoms with E-state index in [1.807, 2.05) is 0 Å².